The van der Waals surface area contributed by atoms with Gasteiger partial charge in [0.05, 0.1) is 33.7 Å². The van der Waals surface area contributed by atoms with E-state index < -0.39 is 63.4 Å². The van der Waals surface area contributed by atoms with Crippen LogP contribution in [-0.4, -0.2) is 70.3 Å². The highest BCUT2D eigenvalue weighted by atomic mass is 32.2. The molecule has 0 radical (unpaired) electrons. The van der Waals surface area contributed by atoms with Crippen LogP contribution in [-0.2, 0) is 4.79 Å². The molecule has 0 saturated carbocycles. The summed E-state index contributed by atoms with van der Waals surface area (Å²) in [7, 11) is 0. The first-order chi connectivity index (χ1) is 28.9. The lowest BCUT2D eigenvalue weighted by Gasteiger charge is -2.38. The lowest BCUT2D eigenvalue weighted by molar-refractivity contribution is -0.115. The molecular formula is C47H41F3N4O5S. The summed E-state index contributed by atoms with van der Waals surface area (Å²) in [4.78, 5) is 69.9. The van der Waals surface area contributed by atoms with Crippen molar-refractivity contribution in [1.82, 2.24) is 20.4 Å². The van der Waals surface area contributed by atoms with Crippen molar-refractivity contribution in [1.29, 1.82) is 0 Å². The van der Waals surface area contributed by atoms with E-state index in [1.165, 1.54) is 12.1 Å². The van der Waals surface area contributed by atoms with Gasteiger partial charge in [-0.1, -0.05) is 92.7 Å². The lowest BCUT2D eigenvalue weighted by Crippen LogP contribution is -2.44. The number of hydrogen-bond acceptors (Lipinski definition) is 7. The molecule has 2 aliphatic heterocycles. The maximum Gasteiger partial charge on any atom is 0.290 e. The predicted molar refractivity (Wildman–Crippen MR) is 224 cm³/mol. The molecule has 2 fully saturated rings. The zero-order chi connectivity index (χ0) is 42.5. The summed E-state index contributed by atoms with van der Waals surface area (Å²) >= 11 is 0.786. The number of benzene rings is 5. The van der Waals surface area contributed by atoms with Crippen molar-refractivity contribution in [2.24, 2.45) is 5.92 Å². The molecule has 5 aromatic rings. The number of imide groups is 1. The minimum absolute atomic E-state index is 0.00611. The number of carbonyl (C=O) groups excluding carboxylic acids is 5. The summed E-state index contributed by atoms with van der Waals surface area (Å²) in [5.74, 6) is -5.68. The van der Waals surface area contributed by atoms with Crippen molar-refractivity contribution >= 4 is 46.6 Å². The highest BCUT2D eigenvalue weighted by molar-refractivity contribution is 8.18. The Balaban J connectivity index is 1.22. The Bertz CT molecular complexity index is 2430. The SMILES string of the molecule is CC(C)CN(C(c1ccccc1)c1ccccc1)[C@@H]1C[C@@H](CNC(=O)c2ccc(/C=C3\SC(=O)NC3=O)cc2)N(C(=O)c2cccc(F)c2C(=O)c2ccc(F)cc2F)C1. The molecule has 0 spiro atoms. The van der Waals surface area contributed by atoms with Gasteiger partial charge >= 0.3 is 0 Å². The maximum absolute atomic E-state index is 15.7. The number of carbonyl (C=O) groups is 5. The highest BCUT2D eigenvalue weighted by Gasteiger charge is 2.42. The number of thioether (sulfide) groups is 1. The van der Waals surface area contributed by atoms with Crippen molar-refractivity contribution in [3.8, 4) is 0 Å². The molecule has 2 saturated heterocycles. The zero-order valence-corrected chi connectivity index (χ0v) is 33.6. The van der Waals surface area contributed by atoms with Gasteiger partial charge in [-0.15, -0.1) is 0 Å². The Morgan fingerprint density at radius 2 is 1.50 bits per heavy atom. The van der Waals surface area contributed by atoms with Crippen molar-refractivity contribution in [3.05, 3.63) is 183 Å². The number of halogens is 3. The van der Waals surface area contributed by atoms with Crippen LogP contribution in [0.15, 0.2) is 126 Å². The smallest absolute Gasteiger partial charge is 0.290 e. The molecule has 0 unspecified atom stereocenters. The van der Waals surface area contributed by atoms with Crippen LogP contribution >= 0.6 is 11.8 Å². The third-order valence-electron chi connectivity index (χ3n) is 10.5. The summed E-state index contributed by atoms with van der Waals surface area (Å²) in [5.41, 5.74) is 1.46. The van der Waals surface area contributed by atoms with E-state index in [1.54, 1.807) is 35.2 Å². The quantitative estimate of drug-likeness (QED) is 0.0905. The summed E-state index contributed by atoms with van der Waals surface area (Å²) in [6, 6.07) is 31.3. The minimum Gasteiger partial charge on any atom is -0.350 e. The van der Waals surface area contributed by atoms with Gasteiger partial charge in [-0.3, -0.25) is 34.2 Å². The topological polar surface area (TPSA) is 116 Å². The van der Waals surface area contributed by atoms with E-state index in [0.29, 0.717) is 30.2 Å². The summed E-state index contributed by atoms with van der Waals surface area (Å²) in [5, 5.41) is 4.70. The molecule has 7 rings (SSSR count). The third-order valence-corrected chi connectivity index (χ3v) is 11.3. The van der Waals surface area contributed by atoms with Gasteiger partial charge in [-0.05, 0) is 83.3 Å². The zero-order valence-electron chi connectivity index (χ0n) is 32.7. The van der Waals surface area contributed by atoms with Gasteiger partial charge in [0.2, 0.25) is 0 Å². The van der Waals surface area contributed by atoms with Gasteiger partial charge < -0.3 is 10.2 Å². The fraction of sp³-hybridized carbons (Fsp3) is 0.213. The van der Waals surface area contributed by atoms with E-state index in [0.717, 1.165) is 41.1 Å². The number of amides is 4. The van der Waals surface area contributed by atoms with Crippen LogP contribution in [0, 0.1) is 23.4 Å². The van der Waals surface area contributed by atoms with E-state index >= 15 is 4.39 Å². The van der Waals surface area contributed by atoms with Crippen LogP contribution in [0.25, 0.3) is 6.08 Å². The summed E-state index contributed by atoms with van der Waals surface area (Å²) in [6.07, 6.45) is 1.94. The number of nitrogens with one attached hydrogen (secondary N) is 2. The Hall–Kier alpha value is -6.31. The normalized spacial score (nSPS) is 17.2. The lowest BCUT2D eigenvalue weighted by atomic mass is 9.94. The van der Waals surface area contributed by atoms with Crippen LogP contribution in [0.3, 0.4) is 0 Å². The Kier molecular flexibility index (Phi) is 12.8. The molecule has 2 atom stereocenters. The van der Waals surface area contributed by atoms with Gasteiger partial charge in [-0.2, -0.15) is 0 Å². The molecule has 9 nitrogen and oxygen atoms in total. The van der Waals surface area contributed by atoms with Crippen LogP contribution in [0.2, 0.25) is 0 Å². The average Bonchev–Trinajstić information content (AvgIpc) is 3.81. The van der Waals surface area contributed by atoms with Crippen molar-refractivity contribution in [3.63, 3.8) is 0 Å². The van der Waals surface area contributed by atoms with Gasteiger partial charge in [-0.25, -0.2) is 13.2 Å². The summed E-state index contributed by atoms with van der Waals surface area (Å²) < 4.78 is 44.4. The molecule has 5 aromatic carbocycles. The monoisotopic (exact) mass is 830 g/mol. The van der Waals surface area contributed by atoms with Crippen molar-refractivity contribution in [2.75, 3.05) is 19.6 Å². The molecule has 4 amide bonds. The second kappa shape index (κ2) is 18.3. The molecular weight excluding hydrogens is 790 g/mol. The third kappa shape index (κ3) is 9.27. The van der Waals surface area contributed by atoms with Crippen LogP contribution < -0.4 is 10.6 Å². The number of likely N-dealkylation sites (tertiary alicyclic amines) is 1. The Morgan fingerprint density at radius 1 is 0.833 bits per heavy atom. The number of rotatable bonds is 13. The fourth-order valence-electron chi connectivity index (χ4n) is 7.82. The Morgan fingerprint density at radius 3 is 2.10 bits per heavy atom. The standard InChI is InChI=1S/C47H41F3N4O5S/c1-28(2)26-53(42(30-10-5-3-6-11-30)31-12-7-4-8-13-31)35-24-34(25-51-44(56)32-18-16-29(17-19-32)22-40-45(57)52-47(59)60-40)54(27-35)46(58)37-14-9-15-38(49)41(37)43(55)36-21-20-33(48)23-39(36)50/h3-23,28,34-35,42H,24-27H2,1-2H3,(H,51,56)(H,52,57,59)/b40-22-/t34-,35+/m0/s1. The number of nitrogens with zero attached hydrogens (tertiary/aromatic N) is 2. The molecule has 0 aromatic heterocycles. The fourth-order valence-corrected chi connectivity index (χ4v) is 8.50. The molecule has 13 heteroatoms. The number of ketones is 1. The molecule has 306 valence electrons. The minimum atomic E-state index is -1.19. The predicted octanol–water partition coefficient (Wildman–Crippen LogP) is 8.42. The van der Waals surface area contributed by atoms with E-state index in [-0.39, 0.29) is 41.6 Å². The molecule has 2 N–H and O–H groups in total. The molecule has 0 bridgehead atoms. The summed E-state index contributed by atoms with van der Waals surface area (Å²) in [6.45, 7) is 4.99. The van der Waals surface area contributed by atoms with Gasteiger partial charge in [0.1, 0.15) is 17.5 Å². The Labute approximate surface area is 349 Å². The molecule has 2 aliphatic rings. The van der Waals surface area contributed by atoms with Crippen LogP contribution in [0.4, 0.5) is 18.0 Å². The van der Waals surface area contributed by atoms with Crippen molar-refractivity contribution in [2.45, 2.75) is 38.4 Å². The van der Waals surface area contributed by atoms with Crippen LogP contribution in [0.5, 0.6) is 0 Å². The molecule has 60 heavy (non-hydrogen) atoms. The first-order valence-electron chi connectivity index (χ1n) is 19.5. The van der Waals surface area contributed by atoms with Gasteiger partial charge in [0, 0.05) is 37.3 Å². The first kappa shape index (κ1) is 41.8. The van der Waals surface area contributed by atoms with E-state index in [9.17, 15) is 32.8 Å². The van der Waals surface area contributed by atoms with Gasteiger partial charge in [0.15, 0.2) is 5.78 Å². The maximum atomic E-state index is 15.7. The van der Waals surface area contributed by atoms with E-state index in [1.807, 2.05) is 36.4 Å². The van der Waals surface area contributed by atoms with E-state index in [4.69, 9.17) is 0 Å². The van der Waals surface area contributed by atoms with E-state index in [2.05, 4.69) is 53.6 Å². The molecule has 2 heterocycles. The largest absolute Gasteiger partial charge is 0.350 e. The number of hydrogen-bond donors (Lipinski definition) is 2. The highest BCUT2D eigenvalue weighted by Crippen LogP contribution is 2.36. The first-order valence-corrected chi connectivity index (χ1v) is 20.3. The van der Waals surface area contributed by atoms with Gasteiger partial charge in [0.25, 0.3) is 23.0 Å². The van der Waals surface area contributed by atoms with Crippen LogP contribution in [0.1, 0.15) is 79.6 Å². The second-order valence-corrected chi connectivity index (χ2v) is 16.1. The second-order valence-electron chi connectivity index (χ2n) is 15.1. The molecule has 0 aliphatic carbocycles. The van der Waals surface area contributed by atoms with Crippen molar-refractivity contribution < 1.29 is 37.1 Å². The average molecular weight is 831 g/mol.